The van der Waals surface area contributed by atoms with E-state index in [2.05, 4.69) is 48.5 Å². The van der Waals surface area contributed by atoms with Gasteiger partial charge in [-0.1, -0.05) is 331 Å². The van der Waals surface area contributed by atoms with Gasteiger partial charge in [0.2, 0.25) is 0 Å². The van der Waals surface area contributed by atoms with E-state index < -0.39 is 97.5 Å². The molecule has 0 aliphatic heterocycles. The molecule has 0 aromatic rings. The number of phosphoric acid groups is 2. The first-order valence-electron chi connectivity index (χ1n) is 38.9. The van der Waals surface area contributed by atoms with Crippen molar-refractivity contribution < 1.29 is 80.2 Å². The fourth-order valence-electron chi connectivity index (χ4n) is 11.4. The third kappa shape index (κ3) is 67.3. The predicted molar refractivity (Wildman–Crippen MR) is 381 cm³/mol. The summed E-state index contributed by atoms with van der Waals surface area (Å²) in [5, 5.41) is 10.6. The molecule has 0 fully saturated rings. The molecule has 0 bridgehead atoms. The van der Waals surface area contributed by atoms with E-state index in [4.69, 9.17) is 37.0 Å². The summed E-state index contributed by atoms with van der Waals surface area (Å²) in [5.74, 6) is 0.181. The van der Waals surface area contributed by atoms with Crippen LogP contribution in [0.2, 0.25) is 0 Å². The van der Waals surface area contributed by atoms with Crippen molar-refractivity contribution in [2.45, 2.75) is 401 Å². The molecule has 0 aromatic heterocycles. The van der Waals surface area contributed by atoms with Crippen molar-refractivity contribution in [3.63, 3.8) is 0 Å². The van der Waals surface area contributed by atoms with Crippen molar-refractivity contribution in [3.05, 3.63) is 0 Å². The molecule has 0 rings (SSSR count). The average Bonchev–Trinajstić information content (AvgIpc) is 1.51. The number of aliphatic hydroxyl groups is 1. The minimum Gasteiger partial charge on any atom is -0.462 e. The van der Waals surface area contributed by atoms with Crippen LogP contribution < -0.4 is 0 Å². The monoisotopic (exact) mass is 1380 g/mol. The van der Waals surface area contributed by atoms with Gasteiger partial charge in [0.25, 0.3) is 0 Å². The van der Waals surface area contributed by atoms with Crippen molar-refractivity contribution in [2.75, 3.05) is 39.6 Å². The highest BCUT2D eigenvalue weighted by Gasteiger charge is 2.30. The average molecular weight is 1380 g/mol. The minimum absolute atomic E-state index is 0.107. The van der Waals surface area contributed by atoms with Gasteiger partial charge in [-0.2, -0.15) is 0 Å². The first kappa shape index (κ1) is 92.1. The summed E-state index contributed by atoms with van der Waals surface area (Å²) < 4.78 is 68.5. The highest BCUT2D eigenvalue weighted by molar-refractivity contribution is 7.47. The molecular weight excluding hydrogens is 1230 g/mol. The maximum absolute atomic E-state index is 13.1. The molecule has 17 nitrogen and oxygen atoms in total. The topological polar surface area (TPSA) is 237 Å². The molecule has 3 N–H and O–H groups in total. The number of carbonyl (C=O) groups excluding carboxylic acids is 4. The smallest absolute Gasteiger partial charge is 0.462 e. The Hall–Kier alpha value is -1.94. The number of rotatable bonds is 73. The second kappa shape index (κ2) is 65.7. The molecule has 558 valence electrons. The van der Waals surface area contributed by atoms with Gasteiger partial charge >= 0.3 is 39.5 Å². The molecule has 6 atom stereocenters. The van der Waals surface area contributed by atoms with E-state index in [1.807, 2.05) is 0 Å². The minimum atomic E-state index is -4.96. The lowest BCUT2D eigenvalue weighted by Gasteiger charge is -2.21. The summed E-state index contributed by atoms with van der Waals surface area (Å²) in [4.78, 5) is 72.8. The Morgan fingerprint density at radius 1 is 0.309 bits per heavy atom. The number of unbranched alkanes of at least 4 members (excludes halogenated alkanes) is 40. The molecule has 0 saturated carbocycles. The van der Waals surface area contributed by atoms with E-state index in [1.54, 1.807) is 0 Å². The van der Waals surface area contributed by atoms with E-state index in [-0.39, 0.29) is 25.7 Å². The van der Waals surface area contributed by atoms with Gasteiger partial charge in [0.15, 0.2) is 12.2 Å². The lowest BCUT2D eigenvalue weighted by molar-refractivity contribution is -0.161. The molecule has 0 aliphatic rings. The van der Waals surface area contributed by atoms with Gasteiger partial charge in [-0.3, -0.25) is 37.3 Å². The van der Waals surface area contributed by atoms with Crippen molar-refractivity contribution >= 4 is 39.5 Å². The summed E-state index contributed by atoms with van der Waals surface area (Å²) in [7, 11) is -9.91. The van der Waals surface area contributed by atoms with Gasteiger partial charge in [-0.15, -0.1) is 0 Å². The largest absolute Gasteiger partial charge is 0.472 e. The Bertz CT molecular complexity index is 1840. The zero-order valence-electron chi connectivity index (χ0n) is 61.4. The summed E-state index contributed by atoms with van der Waals surface area (Å²) in [6.45, 7) is 11.9. The summed E-state index contributed by atoms with van der Waals surface area (Å²) in [5.41, 5.74) is 0. The SMILES string of the molecule is CCCCCCCCCCCCCCCC(=O)O[C@H](COC(=O)CCCCCCCCC(C)CC)COP(=O)(O)OC[C@H](O)COP(=O)(O)OC[C@@H](COC(=O)CCCCCCCCCCCCCCC(C)C)OC(=O)CCCCCCCCCCCCCCCC(C)C. The fraction of sp³-hybridized carbons (Fsp3) is 0.947. The van der Waals surface area contributed by atoms with E-state index in [0.29, 0.717) is 25.7 Å². The Balaban J connectivity index is 5.26. The third-order valence-corrected chi connectivity index (χ3v) is 19.6. The molecule has 0 amide bonds. The zero-order chi connectivity index (χ0) is 69.4. The van der Waals surface area contributed by atoms with Gasteiger partial charge in [-0.25, -0.2) is 9.13 Å². The Labute approximate surface area is 575 Å². The quantitative estimate of drug-likeness (QED) is 0.0222. The first-order chi connectivity index (χ1) is 45.3. The highest BCUT2D eigenvalue weighted by atomic mass is 31.2. The number of esters is 4. The van der Waals surface area contributed by atoms with Crippen LogP contribution in [-0.2, 0) is 65.4 Å². The molecule has 0 saturated heterocycles. The van der Waals surface area contributed by atoms with Gasteiger partial charge in [0.05, 0.1) is 26.4 Å². The van der Waals surface area contributed by atoms with Crippen molar-refractivity contribution in [3.8, 4) is 0 Å². The number of ether oxygens (including phenoxy) is 4. The van der Waals surface area contributed by atoms with Crippen LogP contribution in [0.25, 0.3) is 0 Å². The number of carbonyl (C=O) groups is 4. The molecule has 94 heavy (non-hydrogen) atoms. The van der Waals surface area contributed by atoms with Crippen LogP contribution in [0.5, 0.6) is 0 Å². The van der Waals surface area contributed by atoms with Crippen LogP contribution in [0.3, 0.4) is 0 Å². The van der Waals surface area contributed by atoms with E-state index in [9.17, 15) is 43.2 Å². The molecule has 0 spiro atoms. The summed E-state index contributed by atoms with van der Waals surface area (Å²) in [6, 6.07) is 0. The van der Waals surface area contributed by atoms with Crippen molar-refractivity contribution in [1.82, 2.24) is 0 Å². The van der Waals surface area contributed by atoms with Crippen LogP contribution in [0.1, 0.15) is 382 Å². The number of phosphoric ester groups is 2. The molecule has 0 aliphatic carbocycles. The van der Waals surface area contributed by atoms with Crippen LogP contribution in [0, 0.1) is 17.8 Å². The predicted octanol–water partition coefficient (Wildman–Crippen LogP) is 21.8. The first-order valence-corrected chi connectivity index (χ1v) is 41.9. The van der Waals surface area contributed by atoms with E-state index in [1.165, 1.54) is 186 Å². The van der Waals surface area contributed by atoms with Crippen LogP contribution >= 0.6 is 15.6 Å². The number of hydrogen-bond acceptors (Lipinski definition) is 15. The Morgan fingerprint density at radius 2 is 0.543 bits per heavy atom. The number of hydrogen-bond donors (Lipinski definition) is 3. The van der Waals surface area contributed by atoms with Crippen molar-refractivity contribution in [1.29, 1.82) is 0 Å². The standard InChI is InChI=1S/C75H146O17P2/c1-8-10-11-12-13-14-15-17-25-30-35-44-51-58-75(80)92-71(63-86-73(78)57-50-43-38-37-41-48-55-68(7)9-2)65-90-94(83,84)88-61-69(76)60-87-93(81,82)89-64-70(62-85-72(77)56-49-42-34-29-24-21-20-23-28-33-40-47-54-67(5)6)91-74(79)59-52-45-36-31-26-19-16-18-22-27-32-39-46-53-66(3)4/h66-71,76H,8-65H2,1-7H3,(H,81,82)(H,83,84)/t68?,69-,70-,71-/m1/s1. The summed E-state index contributed by atoms with van der Waals surface area (Å²) >= 11 is 0. The second-order valence-electron chi connectivity index (χ2n) is 28.2. The second-order valence-corrected chi connectivity index (χ2v) is 31.1. The van der Waals surface area contributed by atoms with Gasteiger partial charge in [0.1, 0.15) is 19.3 Å². The lowest BCUT2D eigenvalue weighted by Crippen LogP contribution is -2.30. The van der Waals surface area contributed by atoms with Gasteiger partial charge in [0, 0.05) is 25.7 Å². The highest BCUT2D eigenvalue weighted by Crippen LogP contribution is 2.45. The molecule has 3 unspecified atom stereocenters. The maximum atomic E-state index is 13.1. The Morgan fingerprint density at radius 3 is 0.809 bits per heavy atom. The molecule has 0 radical (unpaired) electrons. The zero-order valence-corrected chi connectivity index (χ0v) is 63.2. The lowest BCUT2D eigenvalue weighted by atomic mass is 10.00. The van der Waals surface area contributed by atoms with Crippen LogP contribution in [0.15, 0.2) is 0 Å². The third-order valence-electron chi connectivity index (χ3n) is 17.7. The van der Waals surface area contributed by atoms with Crippen LogP contribution in [-0.4, -0.2) is 96.7 Å². The van der Waals surface area contributed by atoms with E-state index >= 15 is 0 Å². The van der Waals surface area contributed by atoms with Gasteiger partial charge in [-0.05, 0) is 43.4 Å². The molecule has 19 heteroatoms. The summed E-state index contributed by atoms with van der Waals surface area (Å²) in [6.07, 6.45) is 51.2. The van der Waals surface area contributed by atoms with Crippen molar-refractivity contribution in [2.24, 2.45) is 17.8 Å². The normalized spacial score (nSPS) is 14.4. The van der Waals surface area contributed by atoms with Crippen LogP contribution in [0.4, 0.5) is 0 Å². The fourth-order valence-corrected chi connectivity index (χ4v) is 13.0. The van der Waals surface area contributed by atoms with Gasteiger partial charge < -0.3 is 33.8 Å². The Kier molecular flexibility index (Phi) is 64.3. The van der Waals surface area contributed by atoms with E-state index in [0.717, 1.165) is 114 Å². The number of aliphatic hydroxyl groups excluding tert-OH is 1. The molecule has 0 heterocycles. The molecule has 0 aromatic carbocycles. The maximum Gasteiger partial charge on any atom is 0.472 e. The molecular formula is C75H146O17P2.